The Kier molecular flexibility index (Phi) is 5.10. The van der Waals surface area contributed by atoms with Crippen LogP contribution in [0.5, 0.6) is 0 Å². The van der Waals surface area contributed by atoms with E-state index in [1.165, 1.54) is 4.68 Å². The van der Waals surface area contributed by atoms with Gasteiger partial charge in [0.2, 0.25) is 0 Å². The van der Waals surface area contributed by atoms with Crippen molar-refractivity contribution in [2.75, 3.05) is 5.43 Å². The van der Waals surface area contributed by atoms with Gasteiger partial charge in [-0.2, -0.15) is 15.5 Å². The Bertz CT molecular complexity index is 963. The smallest absolute Gasteiger partial charge is 0.255 e. The number of hydrogen-bond acceptors (Lipinski definition) is 5. The first-order valence-corrected chi connectivity index (χ1v) is 8.51. The molecule has 0 atom stereocenters. The van der Waals surface area contributed by atoms with Crippen LogP contribution in [0, 0.1) is 17.9 Å². The first-order chi connectivity index (χ1) is 12.4. The van der Waals surface area contributed by atoms with E-state index in [2.05, 4.69) is 36.9 Å². The number of anilines is 1. The Hall–Kier alpha value is -3.20. The molecule has 142 valence electrons. The number of nitrogens with one attached hydrogen (secondary N) is 1. The molecule has 0 saturated heterocycles. The normalized spacial score (nSPS) is 12.2. The molecular formula is C18H25N9. The lowest BCUT2D eigenvalue weighted by atomic mass is 9.90. The van der Waals surface area contributed by atoms with Gasteiger partial charge in [0.15, 0.2) is 11.6 Å². The van der Waals surface area contributed by atoms with E-state index in [1.807, 2.05) is 41.5 Å². The average Bonchev–Trinajstić information content (AvgIpc) is 3.04. The average molecular weight is 367 g/mol. The maximum absolute atomic E-state index is 9.54. The Morgan fingerprint density at radius 3 is 2.07 bits per heavy atom. The van der Waals surface area contributed by atoms with Crippen LogP contribution in [0.15, 0.2) is 10.3 Å². The molecule has 0 saturated carbocycles. The highest BCUT2D eigenvalue weighted by molar-refractivity contribution is 5.67. The molecule has 2 rings (SSSR count). The largest absolute Gasteiger partial charge is 0.260 e. The summed E-state index contributed by atoms with van der Waals surface area (Å²) in [5, 5.41) is 26.5. The molecule has 0 aliphatic rings. The van der Waals surface area contributed by atoms with Gasteiger partial charge in [-0.3, -0.25) is 4.68 Å². The number of rotatable bonds is 3. The van der Waals surface area contributed by atoms with Crippen LogP contribution in [0.25, 0.3) is 4.85 Å². The molecule has 27 heavy (non-hydrogen) atoms. The second-order valence-electron chi connectivity index (χ2n) is 8.38. The van der Waals surface area contributed by atoms with E-state index in [-0.39, 0.29) is 10.8 Å². The molecule has 1 N–H and O–H groups in total. The van der Waals surface area contributed by atoms with Gasteiger partial charge in [0, 0.05) is 19.5 Å². The standard InChI is InChI=1S/C18H25N9/c1-17(2,3)13-11(10-19)15(26(8)23-13)21-25-22-16-12(20-7)14(18(4,5)6)24-27(16)9/h1-6,8-9H3,(H,21,22). The van der Waals surface area contributed by atoms with Crippen LogP contribution in [0.4, 0.5) is 17.3 Å². The van der Waals surface area contributed by atoms with Gasteiger partial charge < -0.3 is 0 Å². The predicted octanol–water partition coefficient (Wildman–Crippen LogP) is 4.28. The van der Waals surface area contributed by atoms with Crippen molar-refractivity contribution in [3.63, 3.8) is 0 Å². The van der Waals surface area contributed by atoms with Crippen LogP contribution < -0.4 is 5.43 Å². The zero-order chi connectivity index (χ0) is 20.6. The fraction of sp³-hybridized carbons (Fsp3) is 0.556. The van der Waals surface area contributed by atoms with Crippen LogP contribution in [0.1, 0.15) is 58.5 Å². The van der Waals surface area contributed by atoms with Crippen molar-refractivity contribution in [1.82, 2.24) is 19.6 Å². The zero-order valence-electron chi connectivity index (χ0n) is 17.1. The maximum atomic E-state index is 9.54. The Morgan fingerprint density at radius 1 is 1.04 bits per heavy atom. The van der Waals surface area contributed by atoms with Crippen LogP contribution in [0.2, 0.25) is 0 Å². The monoisotopic (exact) mass is 367 g/mol. The SMILES string of the molecule is [C-]#[N+]c1c(C(C)(C)C)nn(C)c1N=NNc1c(C#N)c(C(C)(C)C)nn1C. The van der Waals surface area contributed by atoms with Gasteiger partial charge in [-0.15, -0.1) is 5.11 Å². The number of nitrogens with zero attached hydrogens (tertiary/aromatic N) is 8. The summed E-state index contributed by atoms with van der Waals surface area (Å²) in [5.41, 5.74) is 4.38. The summed E-state index contributed by atoms with van der Waals surface area (Å²) in [5.74, 6) is 0.813. The molecule has 2 heterocycles. The lowest BCUT2D eigenvalue weighted by Gasteiger charge is -2.15. The first-order valence-electron chi connectivity index (χ1n) is 8.51. The summed E-state index contributed by atoms with van der Waals surface area (Å²) in [6.45, 7) is 19.4. The van der Waals surface area contributed by atoms with Crippen molar-refractivity contribution in [2.45, 2.75) is 52.4 Å². The summed E-state index contributed by atoms with van der Waals surface area (Å²) in [7, 11) is 3.46. The molecule has 0 amide bonds. The number of aryl methyl sites for hydroxylation is 2. The van der Waals surface area contributed by atoms with E-state index in [0.29, 0.717) is 34.3 Å². The predicted molar refractivity (Wildman–Crippen MR) is 103 cm³/mol. The van der Waals surface area contributed by atoms with Gasteiger partial charge in [0.25, 0.3) is 5.69 Å². The third-order valence-corrected chi connectivity index (χ3v) is 3.98. The van der Waals surface area contributed by atoms with Crippen molar-refractivity contribution < 1.29 is 0 Å². The fourth-order valence-electron chi connectivity index (χ4n) is 2.63. The van der Waals surface area contributed by atoms with Crippen molar-refractivity contribution in [2.24, 2.45) is 24.4 Å². The second-order valence-corrected chi connectivity index (χ2v) is 8.38. The summed E-state index contributed by atoms with van der Waals surface area (Å²) in [6.07, 6.45) is 0. The van der Waals surface area contributed by atoms with E-state index in [0.717, 1.165) is 0 Å². The van der Waals surface area contributed by atoms with Gasteiger partial charge in [-0.1, -0.05) is 46.8 Å². The second kappa shape index (κ2) is 6.84. The van der Waals surface area contributed by atoms with Crippen molar-refractivity contribution in [1.29, 1.82) is 5.26 Å². The van der Waals surface area contributed by atoms with E-state index in [9.17, 15) is 5.26 Å². The summed E-state index contributed by atoms with van der Waals surface area (Å²) in [4.78, 5) is 3.59. The number of hydrogen-bond donors (Lipinski definition) is 1. The first kappa shape index (κ1) is 20.1. The molecule has 0 aromatic carbocycles. The van der Waals surface area contributed by atoms with E-state index in [4.69, 9.17) is 6.57 Å². The van der Waals surface area contributed by atoms with Gasteiger partial charge in [-0.05, 0) is 5.41 Å². The van der Waals surface area contributed by atoms with Crippen LogP contribution >= 0.6 is 0 Å². The summed E-state index contributed by atoms with van der Waals surface area (Å²) < 4.78 is 3.10. The van der Waals surface area contributed by atoms with Gasteiger partial charge in [0.05, 0.1) is 18.0 Å². The molecule has 2 aromatic rings. The van der Waals surface area contributed by atoms with Crippen LogP contribution in [-0.2, 0) is 24.9 Å². The van der Waals surface area contributed by atoms with Crippen LogP contribution in [0.3, 0.4) is 0 Å². The lowest BCUT2D eigenvalue weighted by molar-refractivity contribution is 0.552. The topological polar surface area (TPSA) is 101 Å². The third kappa shape index (κ3) is 3.82. The highest BCUT2D eigenvalue weighted by atomic mass is 15.5. The van der Waals surface area contributed by atoms with E-state index in [1.54, 1.807) is 18.8 Å². The highest BCUT2D eigenvalue weighted by Crippen LogP contribution is 2.38. The highest BCUT2D eigenvalue weighted by Gasteiger charge is 2.27. The minimum atomic E-state index is -0.281. The molecule has 0 fully saturated rings. The van der Waals surface area contributed by atoms with Gasteiger partial charge in [-0.25, -0.2) is 15.0 Å². The molecule has 9 heteroatoms. The van der Waals surface area contributed by atoms with Crippen molar-refractivity contribution in [3.8, 4) is 6.07 Å². The zero-order valence-corrected chi connectivity index (χ0v) is 17.1. The quantitative estimate of drug-likeness (QED) is 0.497. The minimum absolute atomic E-state index is 0.277. The molecule has 0 aliphatic carbocycles. The molecule has 0 bridgehead atoms. The molecule has 0 unspecified atom stereocenters. The van der Waals surface area contributed by atoms with E-state index < -0.39 is 0 Å². The van der Waals surface area contributed by atoms with Crippen molar-refractivity contribution >= 4 is 17.3 Å². The third-order valence-electron chi connectivity index (χ3n) is 3.98. The number of nitriles is 1. The molecule has 0 spiro atoms. The number of aromatic nitrogens is 4. The van der Waals surface area contributed by atoms with Crippen LogP contribution in [-0.4, -0.2) is 19.6 Å². The Balaban J connectivity index is 2.41. The Labute approximate surface area is 159 Å². The van der Waals surface area contributed by atoms with Gasteiger partial charge in [0.1, 0.15) is 11.6 Å². The minimum Gasteiger partial charge on any atom is -0.260 e. The molecule has 2 aromatic heterocycles. The maximum Gasteiger partial charge on any atom is 0.255 e. The molecule has 0 radical (unpaired) electrons. The summed E-state index contributed by atoms with van der Waals surface area (Å²) >= 11 is 0. The molecular weight excluding hydrogens is 342 g/mol. The fourth-order valence-corrected chi connectivity index (χ4v) is 2.63. The Morgan fingerprint density at radius 2 is 1.59 bits per heavy atom. The molecule has 9 nitrogen and oxygen atoms in total. The summed E-state index contributed by atoms with van der Waals surface area (Å²) in [6, 6.07) is 2.18. The van der Waals surface area contributed by atoms with Crippen molar-refractivity contribution in [3.05, 3.63) is 28.4 Å². The molecule has 0 aliphatic heterocycles. The van der Waals surface area contributed by atoms with E-state index >= 15 is 0 Å². The lowest BCUT2D eigenvalue weighted by Crippen LogP contribution is -2.14. The van der Waals surface area contributed by atoms with Gasteiger partial charge >= 0.3 is 0 Å².